The summed E-state index contributed by atoms with van der Waals surface area (Å²) in [7, 11) is 0. The number of likely N-dealkylation sites (tertiary alicyclic amines) is 1. The lowest BCUT2D eigenvalue weighted by Gasteiger charge is -2.31. The summed E-state index contributed by atoms with van der Waals surface area (Å²) in [6, 6.07) is 13.8. The summed E-state index contributed by atoms with van der Waals surface area (Å²) >= 11 is 0. The van der Waals surface area contributed by atoms with Crippen molar-refractivity contribution in [3.05, 3.63) is 107 Å². The highest BCUT2D eigenvalue weighted by atomic mass is 19.1. The third-order valence-electron chi connectivity index (χ3n) is 11.9. The molecule has 11 N–H and O–H groups in total. The van der Waals surface area contributed by atoms with Crippen molar-refractivity contribution in [3.63, 3.8) is 0 Å². The van der Waals surface area contributed by atoms with Gasteiger partial charge in [-0.2, -0.15) is 0 Å². The van der Waals surface area contributed by atoms with Crippen LogP contribution in [0.2, 0.25) is 0 Å². The summed E-state index contributed by atoms with van der Waals surface area (Å²) < 4.78 is 13.9. The molecular formula is C49H63FN10O9. The number of hydrogen-bond acceptors (Lipinski definition) is 10. The van der Waals surface area contributed by atoms with Crippen LogP contribution in [0.25, 0.3) is 0 Å². The van der Waals surface area contributed by atoms with Gasteiger partial charge >= 0.3 is 6.03 Å². The van der Waals surface area contributed by atoms with Crippen LogP contribution in [0.5, 0.6) is 0 Å². The molecule has 0 radical (unpaired) electrons. The molecule has 0 unspecified atom stereocenters. The summed E-state index contributed by atoms with van der Waals surface area (Å²) in [5.74, 6) is -6.09. The fraction of sp³-hybridized carbons (Fsp3) is 0.449. The zero-order chi connectivity index (χ0) is 50.0. The maximum atomic E-state index is 14.5. The number of hydrogen-bond donors (Lipinski definition) is 9. The van der Waals surface area contributed by atoms with Gasteiger partial charge in [0.05, 0.1) is 6.42 Å². The maximum absolute atomic E-state index is 14.5. The highest BCUT2D eigenvalue weighted by Gasteiger charge is 2.40. The van der Waals surface area contributed by atoms with E-state index in [9.17, 15) is 47.5 Å². The Morgan fingerprint density at radius 3 is 1.75 bits per heavy atom. The van der Waals surface area contributed by atoms with Gasteiger partial charge in [-0.05, 0) is 79.8 Å². The monoisotopic (exact) mass is 954 g/mol. The zero-order valence-electron chi connectivity index (χ0n) is 38.8. The largest absolute Gasteiger partial charge is 0.368 e. The van der Waals surface area contributed by atoms with E-state index in [0.29, 0.717) is 30.4 Å². The number of amides is 10. The number of primary amides is 1. The minimum absolute atomic E-state index is 0.0104. The number of carbonyl (C=O) groups is 9. The van der Waals surface area contributed by atoms with E-state index in [0.717, 1.165) is 5.56 Å². The van der Waals surface area contributed by atoms with Crippen LogP contribution in [0, 0.1) is 11.7 Å². The van der Waals surface area contributed by atoms with Crippen LogP contribution in [0.1, 0.15) is 75.5 Å². The average Bonchev–Trinajstić information content (AvgIpc) is 3.82. The van der Waals surface area contributed by atoms with E-state index < -0.39 is 101 Å². The molecule has 2 saturated heterocycles. The first kappa shape index (κ1) is 52.7. The predicted molar refractivity (Wildman–Crippen MR) is 251 cm³/mol. The Morgan fingerprint density at radius 1 is 0.667 bits per heavy atom. The molecule has 0 aliphatic carbocycles. The van der Waals surface area contributed by atoms with Gasteiger partial charge in [-0.1, -0.05) is 86.6 Å². The third-order valence-corrected chi connectivity index (χ3v) is 11.9. The van der Waals surface area contributed by atoms with Crippen molar-refractivity contribution >= 4 is 53.3 Å². The molecule has 19 nitrogen and oxygen atoms in total. The van der Waals surface area contributed by atoms with E-state index in [4.69, 9.17) is 11.5 Å². The van der Waals surface area contributed by atoms with Crippen molar-refractivity contribution in [2.75, 3.05) is 13.1 Å². The Balaban J connectivity index is 1.33. The smallest absolute Gasteiger partial charge is 0.322 e. The number of nitrogens with zero attached hydrogens (tertiary/aromatic N) is 1. The average molecular weight is 955 g/mol. The minimum atomic E-state index is -1.30. The Hall–Kier alpha value is -7.22. The van der Waals surface area contributed by atoms with E-state index in [-0.39, 0.29) is 64.0 Å². The van der Waals surface area contributed by atoms with E-state index in [1.165, 1.54) is 29.2 Å². The van der Waals surface area contributed by atoms with Gasteiger partial charge < -0.3 is 48.3 Å². The molecule has 370 valence electrons. The molecule has 0 spiro atoms. The van der Waals surface area contributed by atoms with Gasteiger partial charge in [0.1, 0.15) is 48.1 Å². The van der Waals surface area contributed by atoms with Crippen LogP contribution in [0.3, 0.4) is 0 Å². The highest BCUT2D eigenvalue weighted by Crippen LogP contribution is 2.21. The van der Waals surface area contributed by atoms with Gasteiger partial charge in [-0.25, -0.2) is 9.18 Å². The normalized spacial score (nSPS) is 17.8. The maximum Gasteiger partial charge on any atom is 0.322 e. The molecule has 10 amide bonds. The van der Waals surface area contributed by atoms with Crippen LogP contribution in [-0.2, 0) is 57.6 Å². The number of benzene rings is 3. The molecule has 69 heavy (non-hydrogen) atoms. The van der Waals surface area contributed by atoms with Gasteiger partial charge in [0, 0.05) is 25.8 Å². The SMILES string of the molecule is CC(C)CC[C@@H](NC(=O)[C@@H]1CCCN1C(=O)[C@H](CCCN)NC(=O)[C@H](Cc1ccccc1)NC(=O)[C@@H]1CC(=O)NC(=O)N1)C(=O)N[C@@H](Cc1ccc(F)cc1)C(=O)N[C@@H](Cc1ccccc1)C(N)=O. The van der Waals surface area contributed by atoms with Crippen LogP contribution < -0.4 is 48.7 Å². The van der Waals surface area contributed by atoms with E-state index in [2.05, 4.69) is 37.2 Å². The van der Waals surface area contributed by atoms with Crippen LogP contribution in [0.15, 0.2) is 84.9 Å². The second-order valence-corrected chi connectivity index (χ2v) is 17.8. The van der Waals surface area contributed by atoms with Crippen molar-refractivity contribution in [2.24, 2.45) is 17.4 Å². The molecule has 3 aromatic rings. The number of nitrogens with two attached hydrogens (primary N) is 2. The van der Waals surface area contributed by atoms with Crippen molar-refractivity contribution in [1.29, 1.82) is 0 Å². The molecule has 0 aromatic heterocycles. The van der Waals surface area contributed by atoms with Gasteiger partial charge in [0.25, 0.3) is 0 Å². The Kier molecular flexibility index (Phi) is 19.7. The first-order chi connectivity index (χ1) is 33.0. The Labute approximate surface area is 400 Å². The molecule has 2 aliphatic heterocycles. The van der Waals surface area contributed by atoms with Crippen molar-refractivity contribution < 1.29 is 47.5 Å². The summed E-state index contributed by atoms with van der Waals surface area (Å²) in [5.41, 5.74) is 13.4. The van der Waals surface area contributed by atoms with Gasteiger partial charge in [0.2, 0.25) is 47.3 Å². The molecule has 0 bridgehead atoms. The zero-order valence-corrected chi connectivity index (χ0v) is 38.8. The van der Waals surface area contributed by atoms with E-state index in [1.54, 1.807) is 60.7 Å². The minimum Gasteiger partial charge on any atom is -0.368 e. The Morgan fingerprint density at radius 2 is 1.19 bits per heavy atom. The van der Waals surface area contributed by atoms with Crippen molar-refractivity contribution in [2.45, 2.75) is 120 Å². The second-order valence-electron chi connectivity index (χ2n) is 17.8. The number of halogens is 1. The lowest BCUT2D eigenvalue weighted by Crippen LogP contribution is -2.61. The second kappa shape index (κ2) is 25.8. The summed E-state index contributed by atoms with van der Waals surface area (Å²) in [6.45, 7) is 4.19. The first-order valence-electron chi connectivity index (χ1n) is 23.3. The number of urea groups is 1. The van der Waals surface area contributed by atoms with Crippen LogP contribution >= 0.6 is 0 Å². The quantitative estimate of drug-likeness (QED) is 0.0600. The lowest BCUT2D eigenvalue weighted by molar-refractivity contribution is -0.142. The number of carbonyl (C=O) groups excluding carboxylic acids is 9. The van der Waals surface area contributed by atoms with Gasteiger partial charge in [-0.15, -0.1) is 0 Å². The molecular weight excluding hydrogens is 892 g/mol. The topological polar surface area (TPSA) is 293 Å². The van der Waals surface area contributed by atoms with Crippen molar-refractivity contribution in [1.82, 2.24) is 42.1 Å². The van der Waals surface area contributed by atoms with Gasteiger partial charge in [0.15, 0.2) is 0 Å². The Bertz CT molecular complexity index is 2270. The fourth-order valence-corrected chi connectivity index (χ4v) is 8.17. The lowest BCUT2D eigenvalue weighted by atomic mass is 10.00. The van der Waals surface area contributed by atoms with E-state index >= 15 is 0 Å². The molecule has 2 heterocycles. The standard InChI is InChI=1S/C49H63FN10O9/c1-29(2)17-22-34(43(63)56-38(27-32-18-20-33(50)21-19-32)45(65)55-36(42(52)62)25-30-11-5-3-6-12-30)53-47(67)40-16-10-24-60(40)48(68)35(15-9-23-51)54-44(64)37(26-31-13-7-4-8-14-31)57-46(66)39-28-41(61)59-49(69)58-39/h3-8,11-14,18-21,29,34-40H,9-10,15-17,22-28,51H2,1-2H3,(H2,52,62)(H,53,67)(H,54,64)(H,55,65)(H,56,63)(H,57,66)(H2,58,59,61,69)/t34-,35+,36+,37+,38+,39+,40+/m1/s1. The van der Waals surface area contributed by atoms with Gasteiger partial charge in [-0.3, -0.25) is 43.7 Å². The third kappa shape index (κ3) is 16.2. The molecule has 2 aliphatic rings. The molecule has 2 fully saturated rings. The predicted octanol–water partition coefficient (Wildman–Crippen LogP) is 0.527. The molecule has 5 rings (SSSR count). The molecule has 0 saturated carbocycles. The molecule has 7 atom stereocenters. The first-order valence-corrected chi connectivity index (χ1v) is 23.3. The van der Waals surface area contributed by atoms with E-state index in [1.807, 2.05) is 13.8 Å². The summed E-state index contributed by atoms with van der Waals surface area (Å²) in [5, 5.41) is 18.0. The molecule has 20 heteroatoms. The molecule has 3 aromatic carbocycles. The highest BCUT2D eigenvalue weighted by molar-refractivity contribution is 6.03. The number of rotatable bonds is 24. The number of imide groups is 1. The summed E-state index contributed by atoms with van der Waals surface area (Å²) in [6.07, 6.45) is 1.26. The van der Waals surface area contributed by atoms with Crippen LogP contribution in [-0.4, -0.2) is 114 Å². The summed E-state index contributed by atoms with van der Waals surface area (Å²) in [4.78, 5) is 122. The van der Waals surface area contributed by atoms with Crippen LogP contribution in [0.4, 0.5) is 9.18 Å². The van der Waals surface area contributed by atoms with Crippen molar-refractivity contribution in [3.8, 4) is 0 Å². The fourth-order valence-electron chi connectivity index (χ4n) is 8.17. The number of nitrogens with one attached hydrogen (secondary N) is 7.